The number of aryl methyl sites for hydroxylation is 1. The monoisotopic (exact) mass is 358 g/mol. The van der Waals surface area contributed by atoms with Crippen LogP contribution in [0, 0.1) is 13.8 Å². The van der Waals surface area contributed by atoms with Gasteiger partial charge >= 0.3 is 0 Å². The molecule has 0 aliphatic carbocycles. The van der Waals surface area contributed by atoms with Gasteiger partial charge in [0, 0.05) is 30.0 Å². The third-order valence-corrected chi connectivity index (χ3v) is 5.23. The molecule has 0 bridgehead atoms. The quantitative estimate of drug-likeness (QED) is 0.491. The molecule has 3 aromatic rings. The summed E-state index contributed by atoms with van der Waals surface area (Å²) in [6.07, 6.45) is 1.60. The van der Waals surface area contributed by atoms with Crippen molar-refractivity contribution >= 4 is 17.5 Å². The lowest BCUT2D eigenvalue weighted by Gasteiger charge is -2.13. The molecule has 0 fully saturated rings. The molecule has 0 aromatic carbocycles. The van der Waals surface area contributed by atoms with Crippen molar-refractivity contribution in [2.75, 3.05) is 5.75 Å². The van der Waals surface area contributed by atoms with Crippen LogP contribution in [0.3, 0.4) is 0 Å². The molecule has 0 amide bonds. The average molecular weight is 358 g/mol. The van der Waals surface area contributed by atoms with Crippen molar-refractivity contribution in [1.82, 2.24) is 19.3 Å². The highest BCUT2D eigenvalue weighted by molar-refractivity contribution is 7.99. The summed E-state index contributed by atoms with van der Waals surface area (Å²) in [6.45, 7) is 8.29. The Hall–Kier alpha value is -2.28. The molecule has 0 saturated heterocycles. The number of hydrogen-bond acceptors (Lipinski definition) is 5. The Kier molecular flexibility index (Phi) is 4.85. The van der Waals surface area contributed by atoms with Crippen LogP contribution in [-0.4, -0.2) is 30.9 Å². The molecule has 0 spiro atoms. The Labute approximate surface area is 151 Å². The number of carbonyl (C=O) groups excluding carboxylic acids is 1. The maximum absolute atomic E-state index is 12.7. The minimum atomic E-state index is 0.104. The van der Waals surface area contributed by atoms with Gasteiger partial charge in [-0.3, -0.25) is 4.79 Å². The Balaban J connectivity index is 1.75. The summed E-state index contributed by atoms with van der Waals surface area (Å²) < 4.78 is 9.39. The Bertz CT molecular complexity index is 891. The van der Waals surface area contributed by atoms with Gasteiger partial charge in [-0.25, -0.2) is 0 Å². The number of nitrogens with zero attached hydrogens (tertiary/aromatic N) is 4. The van der Waals surface area contributed by atoms with Crippen molar-refractivity contribution < 1.29 is 9.21 Å². The van der Waals surface area contributed by atoms with E-state index in [1.165, 1.54) is 11.8 Å². The predicted octanol–water partition coefficient (Wildman–Crippen LogP) is 4.05. The minimum Gasteiger partial charge on any atom is -0.461 e. The van der Waals surface area contributed by atoms with E-state index in [1.807, 2.05) is 43.7 Å². The molecular formula is C18H22N4O2S. The molecule has 25 heavy (non-hydrogen) atoms. The Morgan fingerprint density at radius 3 is 2.68 bits per heavy atom. The fourth-order valence-corrected chi connectivity index (χ4v) is 3.92. The second-order valence-corrected chi connectivity index (χ2v) is 7.25. The lowest BCUT2D eigenvalue weighted by molar-refractivity contribution is 0.102. The molecule has 3 rings (SSSR count). The van der Waals surface area contributed by atoms with E-state index in [0.29, 0.717) is 28.5 Å². The van der Waals surface area contributed by atoms with Crippen molar-refractivity contribution in [3.05, 3.63) is 41.4 Å². The molecular weight excluding hydrogens is 336 g/mol. The molecule has 0 aliphatic rings. The lowest BCUT2D eigenvalue weighted by Crippen LogP contribution is -2.08. The van der Waals surface area contributed by atoms with Crippen molar-refractivity contribution in [3.63, 3.8) is 0 Å². The number of ketones is 1. The topological polar surface area (TPSA) is 65.8 Å². The Morgan fingerprint density at radius 2 is 2.08 bits per heavy atom. The molecule has 3 aromatic heterocycles. The Morgan fingerprint density at radius 1 is 1.32 bits per heavy atom. The molecule has 0 unspecified atom stereocenters. The standard InChI is InChI=1S/C18H22N4O2S/c1-11(2)22-12(3)9-14(13(22)4)15(23)10-25-18-20-19-17(21(18)5)16-7-6-8-24-16/h6-9,11H,10H2,1-5H3. The van der Waals surface area contributed by atoms with Crippen LogP contribution in [0.5, 0.6) is 0 Å². The highest BCUT2D eigenvalue weighted by Crippen LogP contribution is 2.25. The highest BCUT2D eigenvalue weighted by Gasteiger charge is 2.19. The van der Waals surface area contributed by atoms with Gasteiger partial charge in [-0.2, -0.15) is 0 Å². The van der Waals surface area contributed by atoms with Crippen molar-refractivity contribution in [2.24, 2.45) is 7.05 Å². The van der Waals surface area contributed by atoms with Crippen LogP contribution in [0.25, 0.3) is 11.6 Å². The highest BCUT2D eigenvalue weighted by atomic mass is 32.2. The summed E-state index contributed by atoms with van der Waals surface area (Å²) in [6, 6.07) is 5.96. The maximum Gasteiger partial charge on any atom is 0.200 e. The van der Waals surface area contributed by atoms with E-state index in [9.17, 15) is 4.79 Å². The van der Waals surface area contributed by atoms with E-state index in [2.05, 4.69) is 28.6 Å². The third-order valence-electron chi connectivity index (χ3n) is 4.21. The molecule has 7 heteroatoms. The van der Waals surface area contributed by atoms with Gasteiger partial charge in [0.15, 0.2) is 22.5 Å². The predicted molar refractivity (Wildman–Crippen MR) is 98.1 cm³/mol. The molecule has 132 valence electrons. The lowest BCUT2D eigenvalue weighted by atomic mass is 10.2. The number of aromatic nitrogens is 4. The molecule has 0 aliphatic heterocycles. The summed E-state index contributed by atoms with van der Waals surface area (Å²) in [4.78, 5) is 12.7. The summed E-state index contributed by atoms with van der Waals surface area (Å²) in [5.74, 6) is 1.74. The first-order valence-electron chi connectivity index (χ1n) is 8.17. The van der Waals surface area contributed by atoms with Gasteiger partial charge in [0.05, 0.1) is 12.0 Å². The van der Waals surface area contributed by atoms with Gasteiger partial charge in [0.25, 0.3) is 0 Å². The summed E-state index contributed by atoms with van der Waals surface area (Å²) in [5.41, 5.74) is 2.92. The van der Waals surface area contributed by atoms with Crippen LogP contribution in [0.15, 0.2) is 34.0 Å². The number of carbonyl (C=O) groups is 1. The van der Waals surface area contributed by atoms with Gasteiger partial charge in [-0.1, -0.05) is 11.8 Å². The number of rotatable bonds is 6. The van der Waals surface area contributed by atoms with Crippen molar-refractivity contribution in [3.8, 4) is 11.6 Å². The second kappa shape index (κ2) is 6.92. The zero-order valence-electron chi connectivity index (χ0n) is 15.1. The first-order chi connectivity index (χ1) is 11.9. The molecule has 3 heterocycles. The molecule has 0 radical (unpaired) electrons. The molecule has 0 atom stereocenters. The minimum absolute atomic E-state index is 0.104. The van der Waals surface area contributed by atoms with Crippen LogP contribution in [0.1, 0.15) is 41.6 Å². The van der Waals surface area contributed by atoms with Crippen LogP contribution < -0.4 is 0 Å². The molecule has 0 saturated carbocycles. The summed E-state index contributed by atoms with van der Waals surface area (Å²) in [5, 5.41) is 9.01. The number of furan rings is 1. The molecule has 0 N–H and O–H groups in total. The van der Waals surface area contributed by atoms with E-state index in [0.717, 1.165) is 17.0 Å². The van der Waals surface area contributed by atoms with Gasteiger partial charge < -0.3 is 13.6 Å². The number of thioether (sulfide) groups is 1. The van der Waals surface area contributed by atoms with Crippen LogP contribution in [0.2, 0.25) is 0 Å². The normalized spacial score (nSPS) is 11.4. The van der Waals surface area contributed by atoms with Crippen LogP contribution >= 0.6 is 11.8 Å². The summed E-state index contributed by atoms with van der Waals surface area (Å²) in [7, 11) is 1.87. The first-order valence-corrected chi connectivity index (χ1v) is 9.16. The zero-order chi connectivity index (χ0) is 18.1. The SMILES string of the molecule is Cc1cc(C(=O)CSc2nnc(-c3ccco3)n2C)c(C)n1C(C)C. The molecule has 6 nitrogen and oxygen atoms in total. The van der Waals surface area contributed by atoms with E-state index in [1.54, 1.807) is 6.26 Å². The van der Waals surface area contributed by atoms with E-state index < -0.39 is 0 Å². The number of hydrogen-bond donors (Lipinski definition) is 0. The maximum atomic E-state index is 12.7. The zero-order valence-corrected chi connectivity index (χ0v) is 15.9. The third kappa shape index (κ3) is 3.28. The van der Waals surface area contributed by atoms with Crippen molar-refractivity contribution in [1.29, 1.82) is 0 Å². The van der Waals surface area contributed by atoms with Gasteiger partial charge in [0.1, 0.15) is 0 Å². The van der Waals surface area contributed by atoms with Crippen LogP contribution in [0.4, 0.5) is 0 Å². The second-order valence-electron chi connectivity index (χ2n) is 6.30. The van der Waals surface area contributed by atoms with Gasteiger partial charge in [-0.05, 0) is 45.9 Å². The average Bonchev–Trinajstić information content (AvgIpc) is 3.25. The van der Waals surface area contributed by atoms with Gasteiger partial charge in [0.2, 0.25) is 0 Å². The van der Waals surface area contributed by atoms with E-state index >= 15 is 0 Å². The fourth-order valence-electron chi connectivity index (χ4n) is 3.12. The summed E-state index contributed by atoms with van der Waals surface area (Å²) >= 11 is 1.39. The van der Waals surface area contributed by atoms with E-state index in [-0.39, 0.29) is 5.78 Å². The number of Topliss-reactive ketones (excluding diaryl/α,β-unsaturated/α-hetero) is 1. The smallest absolute Gasteiger partial charge is 0.200 e. The van der Waals surface area contributed by atoms with E-state index in [4.69, 9.17) is 4.42 Å². The largest absolute Gasteiger partial charge is 0.461 e. The fraction of sp³-hybridized carbons (Fsp3) is 0.389. The van der Waals surface area contributed by atoms with Gasteiger partial charge in [-0.15, -0.1) is 10.2 Å². The van der Waals surface area contributed by atoms with Crippen LogP contribution in [-0.2, 0) is 7.05 Å². The van der Waals surface area contributed by atoms with Crippen molar-refractivity contribution in [2.45, 2.75) is 38.9 Å². The first kappa shape index (κ1) is 17.5.